The lowest BCUT2D eigenvalue weighted by molar-refractivity contribution is 0.0939. The first-order valence-corrected chi connectivity index (χ1v) is 7.91. The molecule has 2 aromatic rings. The molecule has 1 atom stereocenters. The molecule has 22 heavy (non-hydrogen) atoms. The summed E-state index contributed by atoms with van der Waals surface area (Å²) in [6.45, 7) is 1.92. The fourth-order valence-corrected chi connectivity index (χ4v) is 2.71. The lowest BCUT2D eigenvalue weighted by Crippen LogP contribution is -2.27. The van der Waals surface area contributed by atoms with E-state index >= 15 is 0 Å². The number of ether oxygens (including phenoxy) is 2. The Morgan fingerprint density at radius 2 is 1.91 bits per heavy atom. The van der Waals surface area contributed by atoms with Gasteiger partial charge in [-0.3, -0.25) is 4.79 Å². The summed E-state index contributed by atoms with van der Waals surface area (Å²) in [5, 5.41) is 2.99. The molecule has 0 saturated heterocycles. The number of benzene rings is 2. The van der Waals surface area contributed by atoms with Crippen LogP contribution >= 0.6 is 22.6 Å². The van der Waals surface area contributed by atoms with Crippen LogP contribution in [0.4, 0.5) is 0 Å². The van der Waals surface area contributed by atoms with Crippen molar-refractivity contribution >= 4 is 28.5 Å². The molecular weight excluding hydrogens is 393 g/mol. The van der Waals surface area contributed by atoms with Crippen LogP contribution in [-0.2, 0) is 0 Å². The molecule has 5 heteroatoms. The monoisotopic (exact) mass is 411 g/mol. The summed E-state index contributed by atoms with van der Waals surface area (Å²) in [6, 6.07) is 12.8. The van der Waals surface area contributed by atoms with E-state index in [0.29, 0.717) is 5.56 Å². The minimum atomic E-state index is -0.199. The van der Waals surface area contributed by atoms with E-state index in [9.17, 15) is 4.79 Å². The van der Waals surface area contributed by atoms with Crippen LogP contribution in [0.5, 0.6) is 11.5 Å². The van der Waals surface area contributed by atoms with Crippen LogP contribution < -0.4 is 14.8 Å². The highest BCUT2D eigenvalue weighted by atomic mass is 127. The van der Waals surface area contributed by atoms with Gasteiger partial charge in [-0.1, -0.05) is 6.07 Å². The second-order valence-corrected chi connectivity index (χ2v) is 6.06. The average molecular weight is 411 g/mol. The fourth-order valence-electron chi connectivity index (χ4n) is 2.17. The van der Waals surface area contributed by atoms with Crippen LogP contribution in [0.1, 0.15) is 28.9 Å². The topological polar surface area (TPSA) is 47.6 Å². The second-order valence-electron chi connectivity index (χ2n) is 4.81. The molecule has 0 aliphatic rings. The third kappa shape index (κ3) is 3.91. The van der Waals surface area contributed by atoms with Crippen molar-refractivity contribution < 1.29 is 14.3 Å². The van der Waals surface area contributed by atoms with Gasteiger partial charge in [0.1, 0.15) is 11.5 Å². The maximum atomic E-state index is 12.3. The minimum absolute atomic E-state index is 0.115. The van der Waals surface area contributed by atoms with E-state index in [0.717, 1.165) is 20.6 Å². The van der Waals surface area contributed by atoms with Gasteiger partial charge in [-0.15, -0.1) is 0 Å². The highest BCUT2D eigenvalue weighted by Crippen LogP contribution is 2.29. The van der Waals surface area contributed by atoms with Crippen molar-refractivity contribution in [2.45, 2.75) is 13.0 Å². The number of hydrogen-bond acceptors (Lipinski definition) is 3. The first kappa shape index (κ1) is 16.6. The highest BCUT2D eigenvalue weighted by Gasteiger charge is 2.16. The number of halogens is 1. The van der Waals surface area contributed by atoms with Crippen LogP contribution in [0.15, 0.2) is 42.5 Å². The number of amides is 1. The van der Waals surface area contributed by atoms with E-state index in [4.69, 9.17) is 9.47 Å². The van der Waals surface area contributed by atoms with Gasteiger partial charge in [0, 0.05) is 14.7 Å². The Morgan fingerprint density at radius 3 is 2.55 bits per heavy atom. The van der Waals surface area contributed by atoms with Crippen molar-refractivity contribution in [3.05, 3.63) is 57.2 Å². The van der Waals surface area contributed by atoms with Gasteiger partial charge in [0.2, 0.25) is 0 Å². The average Bonchev–Trinajstić information content (AvgIpc) is 2.54. The van der Waals surface area contributed by atoms with Gasteiger partial charge in [0.15, 0.2) is 0 Å². The molecule has 0 bridgehead atoms. The molecule has 0 unspecified atom stereocenters. The molecule has 0 spiro atoms. The lowest BCUT2D eigenvalue weighted by Gasteiger charge is -2.18. The molecule has 2 rings (SSSR count). The summed E-state index contributed by atoms with van der Waals surface area (Å²) in [7, 11) is 3.22. The predicted molar refractivity (Wildman–Crippen MR) is 94.6 cm³/mol. The molecular formula is C17H18INO3. The third-order valence-electron chi connectivity index (χ3n) is 3.34. The van der Waals surface area contributed by atoms with Crippen molar-refractivity contribution in [1.82, 2.24) is 5.32 Å². The lowest BCUT2D eigenvalue weighted by atomic mass is 10.1. The molecule has 116 valence electrons. The molecule has 1 amide bonds. The van der Waals surface area contributed by atoms with Crippen molar-refractivity contribution in [3.63, 3.8) is 0 Å². The van der Waals surface area contributed by atoms with E-state index in [-0.39, 0.29) is 11.9 Å². The van der Waals surface area contributed by atoms with E-state index in [1.165, 1.54) is 0 Å². The van der Waals surface area contributed by atoms with Gasteiger partial charge < -0.3 is 14.8 Å². The van der Waals surface area contributed by atoms with Crippen LogP contribution in [-0.4, -0.2) is 20.1 Å². The Hall–Kier alpha value is -1.76. The fraction of sp³-hybridized carbons (Fsp3) is 0.235. The van der Waals surface area contributed by atoms with Gasteiger partial charge >= 0.3 is 0 Å². The Bertz CT molecular complexity index is 673. The zero-order valence-electron chi connectivity index (χ0n) is 12.7. The molecule has 0 aromatic heterocycles. The van der Waals surface area contributed by atoms with Gasteiger partial charge in [0.25, 0.3) is 5.91 Å². The number of carbonyl (C=O) groups excluding carboxylic acids is 1. The minimum Gasteiger partial charge on any atom is -0.497 e. The van der Waals surface area contributed by atoms with Gasteiger partial charge in [-0.2, -0.15) is 0 Å². The van der Waals surface area contributed by atoms with Crippen LogP contribution in [0.3, 0.4) is 0 Å². The van der Waals surface area contributed by atoms with Crippen molar-refractivity contribution in [1.29, 1.82) is 0 Å². The van der Waals surface area contributed by atoms with Crippen LogP contribution in [0.2, 0.25) is 0 Å². The Kier molecular flexibility index (Phi) is 5.65. The number of rotatable bonds is 5. The second kappa shape index (κ2) is 7.49. The summed E-state index contributed by atoms with van der Waals surface area (Å²) in [6.07, 6.45) is 0. The largest absolute Gasteiger partial charge is 0.497 e. The van der Waals surface area contributed by atoms with Crippen LogP contribution in [0, 0.1) is 3.57 Å². The Morgan fingerprint density at radius 1 is 1.14 bits per heavy atom. The molecule has 1 N–H and O–H groups in total. The summed E-state index contributed by atoms with van der Waals surface area (Å²) in [5.41, 5.74) is 1.52. The number of nitrogens with one attached hydrogen (secondary N) is 1. The first-order valence-electron chi connectivity index (χ1n) is 6.83. The molecule has 4 nitrogen and oxygen atoms in total. The summed E-state index contributed by atoms with van der Waals surface area (Å²) in [4.78, 5) is 12.3. The number of carbonyl (C=O) groups is 1. The summed E-state index contributed by atoms with van der Waals surface area (Å²) >= 11 is 2.19. The van der Waals surface area contributed by atoms with Crippen molar-refractivity contribution in [2.75, 3.05) is 14.2 Å². The van der Waals surface area contributed by atoms with Gasteiger partial charge in [0.05, 0.1) is 20.3 Å². The van der Waals surface area contributed by atoms with Gasteiger partial charge in [-0.05, 0) is 65.9 Å². The van der Waals surface area contributed by atoms with E-state index in [2.05, 4.69) is 27.9 Å². The number of methoxy groups -OCH3 is 2. The zero-order valence-corrected chi connectivity index (χ0v) is 14.9. The normalized spacial score (nSPS) is 11.6. The highest BCUT2D eigenvalue weighted by molar-refractivity contribution is 14.1. The Labute approximate surface area is 144 Å². The quantitative estimate of drug-likeness (QED) is 0.762. The zero-order chi connectivity index (χ0) is 16.1. The number of hydrogen-bond donors (Lipinski definition) is 1. The van der Waals surface area contributed by atoms with Gasteiger partial charge in [-0.25, -0.2) is 0 Å². The maximum absolute atomic E-state index is 12.3. The van der Waals surface area contributed by atoms with Crippen molar-refractivity contribution in [3.8, 4) is 11.5 Å². The molecule has 0 heterocycles. The van der Waals surface area contributed by atoms with E-state index in [1.807, 2.05) is 43.3 Å². The van der Waals surface area contributed by atoms with Crippen molar-refractivity contribution in [2.24, 2.45) is 0 Å². The molecule has 2 aromatic carbocycles. The van der Waals surface area contributed by atoms with Crippen LogP contribution in [0.25, 0.3) is 0 Å². The maximum Gasteiger partial charge on any atom is 0.251 e. The summed E-state index contributed by atoms with van der Waals surface area (Å²) < 4.78 is 11.6. The Balaban J connectivity index is 2.21. The van der Waals surface area contributed by atoms with E-state index < -0.39 is 0 Å². The summed E-state index contributed by atoms with van der Waals surface area (Å²) in [5.74, 6) is 1.33. The molecule has 0 aliphatic carbocycles. The third-order valence-corrected chi connectivity index (χ3v) is 4.01. The SMILES string of the molecule is COc1ccc(OC)c([C@@H](C)NC(=O)c2cccc(I)c2)c1. The molecule has 0 fully saturated rings. The molecule has 0 aliphatic heterocycles. The standard InChI is InChI=1S/C17H18INO3/c1-11(15-10-14(21-2)7-8-16(15)22-3)19-17(20)12-5-4-6-13(18)9-12/h4-11H,1-3H3,(H,19,20)/t11-/m1/s1. The first-order chi connectivity index (χ1) is 10.5. The molecule has 0 radical (unpaired) electrons. The van der Waals surface area contributed by atoms with E-state index in [1.54, 1.807) is 20.3 Å². The molecule has 0 saturated carbocycles. The smallest absolute Gasteiger partial charge is 0.251 e. The predicted octanol–water partition coefficient (Wildman–Crippen LogP) is 3.80.